The van der Waals surface area contributed by atoms with Crippen molar-refractivity contribution in [1.29, 1.82) is 0 Å². The second-order valence-electron chi connectivity index (χ2n) is 17.4. The summed E-state index contributed by atoms with van der Waals surface area (Å²) in [6, 6.07) is 90.3. The lowest BCUT2D eigenvalue weighted by molar-refractivity contribution is 1.15. The monoisotopic (exact) mass is 845 g/mol. The van der Waals surface area contributed by atoms with Crippen molar-refractivity contribution in [3.63, 3.8) is 0 Å². The molecule has 3 heterocycles. The maximum absolute atomic E-state index is 2.66. The van der Waals surface area contributed by atoms with Gasteiger partial charge in [0.1, 0.15) is 0 Å². The zero-order chi connectivity index (χ0) is 43.1. The molecule has 0 amide bonds. The number of benzene rings is 10. The van der Waals surface area contributed by atoms with Crippen molar-refractivity contribution in [1.82, 2.24) is 13.7 Å². The number of rotatable bonds is 7. The lowest BCUT2D eigenvalue weighted by Gasteiger charge is -2.34. The first-order valence-corrected chi connectivity index (χ1v) is 24.5. The summed E-state index contributed by atoms with van der Waals surface area (Å²) in [4.78, 5) is 0. The molecule has 0 aliphatic heterocycles. The zero-order valence-electron chi connectivity index (χ0n) is 35.9. The second-order valence-corrected chi connectivity index (χ2v) is 21.2. The lowest BCUT2D eigenvalue weighted by atomic mass is 10.1. The summed E-state index contributed by atoms with van der Waals surface area (Å²) in [7, 11) is -2.66. The number of para-hydroxylation sites is 3. The molecule has 3 nitrogen and oxygen atoms in total. The van der Waals surface area contributed by atoms with Gasteiger partial charge in [0.15, 0.2) is 8.07 Å². The van der Waals surface area contributed by atoms with E-state index in [0.717, 1.165) is 17.1 Å². The van der Waals surface area contributed by atoms with Crippen LogP contribution in [0.3, 0.4) is 0 Å². The van der Waals surface area contributed by atoms with Crippen LogP contribution in [0.4, 0.5) is 0 Å². The fourth-order valence-electron chi connectivity index (χ4n) is 11.0. The van der Waals surface area contributed by atoms with E-state index < -0.39 is 8.07 Å². The van der Waals surface area contributed by atoms with E-state index in [1.807, 2.05) is 0 Å². The highest BCUT2D eigenvalue weighted by Crippen LogP contribution is 2.39. The van der Waals surface area contributed by atoms with Gasteiger partial charge < -0.3 is 13.7 Å². The predicted octanol–water partition coefficient (Wildman–Crippen LogP) is 12.7. The van der Waals surface area contributed by atoms with Gasteiger partial charge in [-0.2, -0.15) is 0 Å². The van der Waals surface area contributed by atoms with Crippen LogP contribution in [-0.2, 0) is 0 Å². The molecule has 65 heavy (non-hydrogen) atoms. The van der Waals surface area contributed by atoms with Gasteiger partial charge >= 0.3 is 0 Å². The Morgan fingerprint density at radius 2 is 0.600 bits per heavy atom. The van der Waals surface area contributed by atoms with Crippen molar-refractivity contribution in [2.24, 2.45) is 0 Å². The minimum atomic E-state index is -2.66. The van der Waals surface area contributed by atoms with Crippen LogP contribution in [0.25, 0.3) is 82.5 Å². The van der Waals surface area contributed by atoms with E-state index in [1.54, 1.807) is 0 Å². The van der Waals surface area contributed by atoms with Gasteiger partial charge in [-0.25, -0.2) is 0 Å². The molecule has 0 aliphatic rings. The first-order chi connectivity index (χ1) is 32.2. The summed E-state index contributed by atoms with van der Waals surface area (Å²) >= 11 is 0. The van der Waals surface area contributed by atoms with E-state index >= 15 is 0 Å². The summed E-state index contributed by atoms with van der Waals surface area (Å²) in [5.41, 5.74) is 11.9. The molecular weight excluding hydrogens is 803 g/mol. The van der Waals surface area contributed by atoms with Crippen LogP contribution in [0.2, 0.25) is 0 Å². The van der Waals surface area contributed by atoms with Crippen molar-refractivity contribution < 1.29 is 0 Å². The van der Waals surface area contributed by atoms with E-state index in [-0.39, 0.29) is 0 Å². The third-order valence-corrected chi connectivity index (χ3v) is 18.6. The maximum Gasteiger partial charge on any atom is 0.179 e. The molecule has 13 aromatic rings. The summed E-state index contributed by atoms with van der Waals surface area (Å²) < 4.78 is 7.34. The Labute approximate surface area is 378 Å². The summed E-state index contributed by atoms with van der Waals surface area (Å²) in [6.07, 6.45) is 0. The van der Waals surface area contributed by atoms with Crippen LogP contribution in [0.15, 0.2) is 243 Å². The van der Waals surface area contributed by atoms with E-state index in [0.29, 0.717) is 0 Å². The Morgan fingerprint density at radius 3 is 1.15 bits per heavy atom. The lowest BCUT2D eigenvalue weighted by Crippen LogP contribution is -2.74. The van der Waals surface area contributed by atoms with Crippen LogP contribution in [-0.4, -0.2) is 21.8 Å². The zero-order valence-corrected chi connectivity index (χ0v) is 36.9. The molecule has 0 bridgehead atoms. The fourth-order valence-corrected chi connectivity index (χ4v) is 15.8. The molecule has 0 atom stereocenters. The Bertz CT molecular complexity index is 3840. The van der Waals surface area contributed by atoms with Gasteiger partial charge in [-0.3, -0.25) is 0 Å². The molecule has 4 heteroatoms. The molecule has 0 spiro atoms. The van der Waals surface area contributed by atoms with Crippen molar-refractivity contribution in [2.75, 3.05) is 0 Å². The molecule has 0 fully saturated rings. The van der Waals surface area contributed by atoms with Crippen molar-refractivity contribution in [2.45, 2.75) is 6.92 Å². The van der Waals surface area contributed by atoms with Gasteiger partial charge in [0, 0.05) is 49.4 Å². The fraction of sp³-hybridized carbons (Fsp3) is 0.0164. The number of hydrogen-bond acceptors (Lipinski definition) is 0. The first kappa shape index (κ1) is 37.4. The van der Waals surface area contributed by atoms with Crippen LogP contribution in [0.5, 0.6) is 0 Å². The summed E-state index contributed by atoms with van der Waals surface area (Å²) in [5.74, 6) is 0. The molecular formula is C61H43N3Si. The normalized spacial score (nSPS) is 12.1. The number of hydrogen-bond donors (Lipinski definition) is 0. The molecule has 0 radical (unpaired) electrons. The molecule has 0 N–H and O–H groups in total. The third-order valence-electron chi connectivity index (χ3n) is 13.8. The van der Waals surface area contributed by atoms with Gasteiger partial charge in [-0.1, -0.05) is 175 Å². The van der Waals surface area contributed by atoms with Gasteiger partial charge in [0.2, 0.25) is 0 Å². The highest BCUT2D eigenvalue weighted by Gasteiger charge is 2.41. The number of aryl methyl sites for hydroxylation is 1. The van der Waals surface area contributed by atoms with Crippen molar-refractivity contribution in [3.05, 3.63) is 248 Å². The quantitative estimate of drug-likeness (QED) is 0.112. The third kappa shape index (κ3) is 5.61. The highest BCUT2D eigenvalue weighted by atomic mass is 28.3. The average Bonchev–Trinajstić information content (AvgIpc) is 4.00. The van der Waals surface area contributed by atoms with Crippen LogP contribution < -0.4 is 20.7 Å². The van der Waals surface area contributed by atoms with E-state index in [9.17, 15) is 0 Å². The van der Waals surface area contributed by atoms with Gasteiger partial charge in [-0.15, -0.1) is 0 Å². The minimum absolute atomic E-state index is 1.14. The van der Waals surface area contributed by atoms with Crippen molar-refractivity contribution >= 4 is 94.2 Å². The minimum Gasteiger partial charge on any atom is -0.309 e. The number of aromatic nitrogens is 3. The summed E-state index contributed by atoms with van der Waals surface area (Å²) in [5, 5.41) is 13.0. The smallest absolute Gasteiger partial charge is 0.179 e. The van der Waals surface area contributed by atoms with Crippen LogP contribution >= 0.6 is 0 Å². The van der Waals surface area contributed by atoms with Gasteiger partial charge in [0.05, 0.1) is 33.1 Å². The maximum atomic E-state index is 2.47. The topological polar surface area (TPSA) is 14.8 Å². The van der Waals surface area contributed by atoms with E-state index in [4.69, 9.17) is 0 Å². The Balaban J connectivity index is 0.994. The number of nitrogens with zero attached hydrogens (tertiary/aromatic N) is 3. The summed E-state index contributed by atoms with van der Waals surface area (Å²) in [6.45, 7) is 2.18. The first-order valence-electron chi connectivity index (χ1n) is 22.5. The molecule has 13 rings (SSSR count). The van der Waals surface area contributed by atoms with E-state index in [1.165, 1.54) is 91.7 Å². The molecule has 0 saturated heterocycles. The van der Waals surface area contributed by atoms with Crippen LogP contribution in [0.1, 0.15) is 5.56 Å². The van der Waals surface area contributed by atoms with Crippen LogP contribution in [0, 0.1) is 6.92 Å². The van der Waals surface area contributed by atoms with E-state index in [2.05, 4.69) is 263 Å². The number of fused-ring (bicyclic) bond motifs is 9. The SMILES string of the molecule is Cc1ccc2c(c1)c1ccccc1n2-c1ccc2c3ccccc3n(-c3ccc4c(c3)c3ccccc3n4-c3ccc([Si](c4ccccc4)(c4ccccc4)c4ccccc4)cc3)c2c1. The highest BCUT2D eigenvalue weighted by molar-refractivity contribution is 7.19. The molecule has 0 aliphatic carbocycles. The standard InChI is InChI=1S/C61H43N3Si/c1-42-29-37-59-54(39-42)51-24-12-16-28-58(51)63(59)45-32-36-53-50-23-11-14-26-56(50)64(61(53)41-45)44-33-38-60-55(40-44)52-25-13-15-27-57(52)62(60)43-30-34-49(35-31-43)65(46-17-5-2-6-18-46,47-19-7-3-8-20-47)48-21-9-4-10-22-48/h2-41H,1H3. The molecule has 0 unspecified atom stereocenters. The largest absolute Gasteiger partial charge is 0.309 e. The Kier molecular flexibility index (Phi) is 8.45. The van der Waals surface area contributed by atoms with Crippen molar-refractivity contribution in [3.8, 4) is 17.1 Å². The average molecular weight is 846 g/mol. The Hall–Kier alpha value is -8.18. The van der Waals surface area contributed by atoms with Gasteiger partial charge in [0.25, 0.3) is 0 Å². The molecule has 0 saturated carbocycles. The second kappa shape index (κ2) is 14.7. The molecule has 10 aromatic carbocycles. The molecule has 306 valence electrons. The Morgan fingerprint density at radius 1 is 0.246 bits per heavy atom. The van der Waals surface area contributed by atoms with Gasteiger partial charge in [-0.05, 0) is 100 Å². The predicted molar refractivity (Wildman–Crippen MR) is 278 cm³/mol. The molecule has 3 aromatic heterocycles.